The second-order valence-corrected chi connectivity index (χ2v) is 7.45. The lowest BCUT2D eigenvalue weighted by molar-refractivity contribution is -0.129. The first kappa shape index (κ1) is 16.7. The van der Waals surface area contributed by atoms with E-state index in [0.717, 1.165) is 11.3 Å². The number of nitrogens with zero attached hydrogens (tertiary/aromatic N) is 2. The third kappa shape index (κ3) is 3.60. The Kier molecular flexibility index (Phi) is 4.67. The predicted molar refractivity (Wildman–Crippen MR) is 101 cm³/mol. The number of fused-ring (bicyclic) bond motifs is 1. The number of benzene rings is 1. The van der Waals surface area contributed by atoms with Crippen molar-refractivity contribution in [3.05, 3.63) is 65.3 Å². The summed E-state index contributed by atoms with van der Waals surface area (Å²) in [5, 5.41) is 6.23. The Morgan fingerprint density at radius 1 is 1.27 bits per heavy atom. The predicted octanol–water partition coefficient (Wildman–Crippen LogP) is 2.96. The highest BCUT2D eigenvalue weighted by atomic mass is 32.1. The van der Waals surface area contributed by atoms with E-state index in [4.69, 9.17) is 0 Å². The van der Waals surface area contributed by atoms with Crippen molar-refractivity contribution < 1.29 is 9.59 Å². The minimum atomic E-state index is -0.295. The first-order valence-corrected chi connectivity index (χ1v) is 9.48. The number of hydrogen-bond acceptors (Lipinski definition) is 4. The van der Waals surface area contributed by atoms with Gasteiger partial charge < -0.3 is 10.2 Å². The smallest absolute Gasteiger partial charge is 0.225 e. The number of rotatable bonds is 5. The van der Waals surface area contributed by atoms with Crippen LogP contribution in [0, 0.1) is 5.92 Å². The summed E-state index contributed by atoms with van der Waals surface area (Å²) >= 11 is 1.71. The third-order valence-electron chi connectivity index (χ3n) is 4.65. The highest BCUT2D eigenvalue weighted by Gasteiger charge is 2.34. The lowest BCUT2D eigenvalue weighted by Crippen LogP contribution is -2.32. The van der Waals surface area contributed by atoms with E-state index in [1.807, 2.05) is 24.3 Å². The highest BCUT2D eigenvalue weighted by Crippen LogP contribution is 2.22. The molecule has 1 fully saturated rings. The van der Waals surface area contributed by atoms with Crippen molar-refractivity contribution in [2.45, 2.75) is 19.5 Å². The van der Waals surface area contributed by atoms with Gasteiger partial charge in [-0.2, -0.15) is 0 Å². The highest BCUT2D eigenvalue weighted by molar-refractivity contribution is 7.17. The standard InChI is InChI=1S/C20H19N3O2S/c24-19-10-16(12-23(19)13-17-3-1-2-7-21-17)20(25)22-11-14-4-5-18-15(9-14)6-8-26-18/h1-9,16H,10-13H2,(H,22,25). The summed E-state index contributed by atoms with van der Waals surface area (Å²) in [6, 6.07) is 13.9. The zero-order valence-corrected chi connectivity index (χ0v) is 15.0. The Bertz CT molecular complexity index is 938. The van der Waals surface area contributed by atoms with Crippen LogP contribution in [0.2, 0.25) is 0 Å². The fourth-order valence-corrected chi connectivity index (χ4v) is 4.02. The van der Waals surface area contributed by atoms with Crippen LogP contribution >= 0.6 is 11.3 Å². The van der Waals surface area contributed by atoms with Crippen LogP contribution in [-0.4, -0.2) is 28.2 Å². The number of hydrogen-bond donors (Lipinski definition) is 1. The Labute approximate surface area is 155 Å². The lowest BCUT2D eigenvalue weighted by atomic mass is 10.1. The van der Waals surface area contributed by atoms with Gasteiger partial charge in [0.25, 0.3) is 0 Å². The maximum absolute atomic E-state index is 12.5. The molecule has 132 valence electrons. The van der Waals surface area contributed by atoms with Gasteiger partial charge in [-0.25, -0.2) is 0 Å². The molecule has 0 spiro atoms. The normalized spacial score (nSPS) is 17.0. The molecular weight excluding hydrogens is 346 g/mol. The van der Waals surface area contributed by atoms with E-state index in [0.29, 0.717) is 19.6 Å². The molecule has 3 aromatic rings. The number of pyridine rings is 1. The van der Waals surface area contributed by atoms with Gasteiger partial charge in [0.15, 0.2) is 0 Å². The number of aromatic nitrogens is 1. The Balaban J connectivity index is 1.34. The molecule has 3 heterocycles. The molecule has 6 heteroatoms. The molecule has 0 aliphatic carbocycles. The summed E-state index contributed by atoms with van der Waals surface area (Å²) in [5.41, 5.74) is 1.91. The SMILES string of the molecule is O=C(NCc1ccc2sccc2c1)C1CC(=O)N(Cc2ccccn2)C1. The zero-order valence-electron chi connectivity index (χ0n) is 14.2. The molecule has 1 aromatic carbocycles. The van der Waals surface area contributed by atoms with Gasteiger partial charge in [-0.3, -0.25) is 14.6 Å². The van der Waals surface area contributed by atoms with Crippen molar-refractivity contribution in [1.29, 1.82) is 0 Å². The van der Waals surface area contributed by atoms with Crippen LogP contribution in [0.15, 0.2) is 54.0 Å². The van der Waals surface area contributed by atoms with E-state index in [2.05, 4.69) is 33.9 Å². The molecule has 26 heavy (non-hydrogen) atoms. The fraction of sp³-hybridized carbons (Fsp3) is 0.250. The van der Waals surface area contributed by atoms with Gasteiger partial charge >= 0.3 is 0 Å². The van der Waals surface area contributed by atoms with Crippen LogP contribution in [0.1, 0.15) is 17.7 Å². The van der Waals surface area contributed by atoms with Crippen LogP contribution in [0.25, 0.3) is 10.1 Å². The summed E-state index contributed by atoms with van der Waals surface area (Å²) in [6.45, 7) is 1.39. The number of nitrogens with one attached hydrogen (secondary N) is 1. The van der Waals surface area contributed by atoms with Gasteiger partial charge in [0.2, 0.25) is 11.8 Å². The van der Waals surface area contributed by atoms with E-state index >= 15 is 0 Å². The number of carbonyl (C=O) groups excluding carboxylic acids is 2. The molecular formula is C20H19N3O2S. The van der Waals surface area contributed by atoms with Crippen molar-refractivity contribution in [2.24, 2.45) is 5.92 Å². The zero-order chi connectivity index (χ0) is 17.9. The molecule has 4 rings (SSSR count). The minimum absolute atomic E-state index is 0.00972. The van der Waals surface area contributed by atoms with Crippen molar-refractivity contribution in [1.82, 2.24) is 15.2 Å². The Morgan fingerprint density at radius 3 is 3.04 bits per heavy atom. The van der Waals surface area contributed by atoms with E-state index in [9.17, 15) is 9.59 Å². The van der Waals surface area contributed by atoms with Gasteiger partial charge in [-0.05, 0) is 46.7 Å². The maximum atomic E-state index is 12.5. The van der Waals surface area contributed by atoms with Crippen LogP contribution in [0.3, 0.4) is 0 Å². The Hall–Kier alpha value is -2.73. The summed E-state index contributed by atoms with van der Waals surface area (Å²) in [4.78, 5) is 30.6. The molecule has 1 unspecified atom stereocenters. The number of carbonyl (C=O) groups is 2. The Morgan fingerprint density at radius 2 is 2.19 bits per heavy atom. The topological polar surface area (TPSA) is 62.3 Å². The van der Waals surface area contributed by atoms with Crippen LogP contribution in [0.4, 0.5) is 0 Å². The number of thiophene rings is 1. The number of amides is 2. The average Bonchev–Trinajstić information content (AvgIpc) is 3.27. The van der Waals surface area contributed by atoms with Gasteiger partial charge in [0.1, 0.15) is 0 Å². The second kappa shape index (κ2) is 7.25. The molecule has 0 radical (unpaired) electrons. The molecule has 1 aliphatic heterocycles. The maximum Gasteiger partial charge on any atom is 0.225 e. The van der Waals surface area contributed by atoms with Crippen LogP contribution in [0.5, 0.6) is 0 Å². The van der Waals surface area contributed by atoms with Gasteiger partial charge in [-0.15, -0.1) is 11.3 Å². The molecule has 1 N–H and O–H groups in total. The van der Waals surface area contributed by atoms with Gasteiger partial charge in [0, 0.05) is 30.4 Å². The first-order valence-electron chi connectivity index (χ1n) is 8.60. The molecule has 2 aromatic heterocycles. The molecule has 0 bridgehead atoms. The first-order chi connectivity index (χ1) is 12.7. The van der Waals surface area contributed by atoms with Crippen molar-refractivity contribution >= 4 is 33.2 Å². The summed E-state index contributed by atoms with van der Waals surface area (Å²) in [5.74, 6) is -0.348. The molecule has 1 saturated heterocycles. The van der Waals surface area contributed by atoms with E-state index in [-0.39, 0.29) is 24.2 Å². The molecule has 5 nitrogen and oxygen atoms in total. The van der Waals surface area contributed by atoms with E-state index < -0.39 is 0 Å². The monoisotopic (exact) mass is 365 g/mol. The molecule has 2 amide bonds. The largest absolute Gasteiger partial charge is 0.352 e. The van der Waals surface area contributed by atoms with Crippen LogP contribution in [-0.2, 0) is 22.7 Å². The van der Waals surface area contributed by atoms with E-state index in [1.165, 1.54) is 10.1 Å². The van der Waals surface area contributed by atoms with Crippen molar-refractivity contribution in [3.8, 4) is 0 Å². The van der Waals surface area contributed by atoms with Crippen molar-refractivity contribution in [2.75, 3.05) is 6.54 Å². The van der Waals surface area contributed by atoms with Gasteiger partial charge in [0.05, 0.1) is 18.2 Å². The minimum Gasteiger partial charge on any atom is -0.352 e. The fourth-order valence-electron chi connectivity index (χ4n) is 3.25. The second-order valence-electron chi connectivity index (χ2n) is 6.51. The summed E-state index contributed by atoms with van der Waals surface area (Å²) < 4.78 is 1.24. The molecule has 0 saturated carbocycles. The van der Waals surface area contributed by atoms with Crippen molar-refractivity contribution in [3.63, 3.8) is 0 Å². The third-order valence-corrected chi connectivity index (χ3v) is 5.55. The van der Waals surface area contributed by atoms with Gasteiger partial charge in [-0.1, -0.05) is 12.1 Å². The summed E-state index contributed by atoms with van der Waals surface area (Å²) in [7, 11) is 0. The number of likely N-dealkylation sites (tertiary alicyclic amines) is 1. The van der Waals surface area contributed by atoms with E-state index in [1.54, 1.807) is 22.4 Å². The lowest BCUT2D eigenvalue weighted by Gasteiger charge is -2.16. The molecule has 1 aliphatic rings. The quantitative estimate of drug-likeness (QED) is 0.756. The summed E-state index contributed by atoms with van der Waals surface area (Å²) in [6.07, 6.45) is 1.98. The van der Waals surface area contributed by atoms with Crippen LogP contribution < -0.4 is 5.32 Å². The average molecular weight is 365 g/mol. The molecule has 1 atom stereocenters.